The van der Waals surface area contributed by atoms with Crippen LogP contribution in [-0.2, 0) is 4.74 Å². The van der Waals surface area contributed by atoms with E-state index >= 15 is 0 Å². The second-order valence-electron chi connectivity index (χ2n) is 4.46. The molecule has 0 saturated heterocycles. The molecule has 1 amide bonds. The van der Waals surface area contributed by atoms with Crippen molar-refractivity contribution in [2.75, 3.05) is 20.0 Å². The van der Waals surface area contributed by atoms with Gasteiger partial charge in [0, 0.05) is 24.9 Å². The van der Waals surface area contributed by atoms with Crippen molar-refractivity contribution < 1.29 is 14.3 Å². The van der Waals surface area contributed by atoms with E-state index in [-0.39, 0.29) is 18.1 Å². The van der Waals surface area contributed by atoms with Crippen LogP contribution in [0.2, 0.25) is 0 Å². The number of carbonyl (C=O) groups is 1. The van der Waals surface area contributed by atoms with Gasteiger partial charge in [0.1, 0.15) is 5.75 Å². The van der Waals surface area contributed by atoms with Crippen LogP contribution in [0.4, 0.5) is 5.69 Å². The predicted molar refractivity (Wildman–Crippen MR) is 68.7 cm³/mol. The second-order valence-corrected chi connectivity index (χ2v) is 4.46. The van der Waals surface area contributed by atoms with Crippen molar-refractivity contribution in [2.24, 2.45) is 0 Å². The van der Waals surface area contributed by atoms with Crippen LogP contribution >= 0.6 is 0 Å². The summed E-state index contributed by atoms with van der Waals surface area (Å²) in [6, 6.07) is 5.20. The Bertz CT molecular complexity index is 442. The van der Waals surface area contributed by atoms with Crippen LogP contribution in [-0.4, -0.2) is 32.3 Å². The molecule has 5 nitrogen and oxygen atoms in total. The number of hydrogen-bond acceptors (Lipinski definition) is 4. The van der Waals surface area contributed by atoms with Crippen molar-refractivity contribution in [3.8, 4) is 5.75 Å². The molecule has 1 aliphatic rings. The standard InChI is InChI=1S/C13H18N2O3/c1-17-10-6-9(7-10)15-13(16)11-4-3-8(14)5-12(11)18-2/h3-5,9-10H,6-7,14H2,1-2H3,(H,15,16). The number of amides is 1. The van der Waals surface area contributed by atoms with Crippen LogP contribution in [0.3, 0.4) is 0 Å². The molecule has 0 heterocycles. The monoisotopic (exact) mass is 250 g/mol. The van der Waals surface area contributed by atoms with E-state index in [9.17, 15) is 4.79 Å². The minimum atomic E-state index is -0.133. The highest BCUT2D eigenvalue weighted by molar-refractivity contribution is 5.97. The van der Waals surface area contributed by atoms with Gasteiger partial charge in [-0.3, -0.25) is 4.79 Å². The molecule has 1 saturated carbocycles. The molecule has 0 spiro atoms. The minimum absolute atomic E-state index is 0.133. The molecule has 0 atom stereocenters. The van der Waals surface area contributed by atoms with Gasteiger partial charge in [0.05, 0.1) is 18.8 Å². The lowest BCUT2D eigenvalue weighted by Crippen LogP contribution is -2.47. The first-order chi connectivity index (χ1) is 8.63. The lowest BCUT2D eigenvalue weighted by atomic mass is 9.89. The van der Waals surface area contributed by atoms with Gasteiger partial charge in [-0.25, -0.2) is 0 Å². The normalized spacial score (nSPS) is 22.1. The largest absolute Gasteiger partial charge is 0.496 e. The summed E-state index contributed by atoms with van der Waals surface area (Å²) >= 11 is 0. The topological polar surface area (TPSA) is 73.6 Å². The van der Waals surface area contributed by atoms with E-state index in [1.54, 1.807) is 25.3 Å². The zero-order chi connectivity index (χ0) is 13.1. The van der Waals surface area contributed by atoms with Crippen molar-refractivity contribution in [1.29, 1.82) is 0 Å². The SMILES string of the molecule is COc1cc(N)ccc1C(=O)NC1CC(OC)C1. The molecular formula is C13H18N2O3. The van der Waals surface area contributed by atoms with Gasteiger partial charge in [0.15, 0.2) is 0 Å². The summed E-state index contributed by atoms with van der Waals surface area (Å²) in [6.45, 7) is 0. The predicted octanol–water partition coefficient (Wildman–Crippen LogP) is 1.18. The van der Waals surface area contributed by atoms with E-state index in [1.165, 1.54) is 7.11 Å². The summed E-state index contributed by atoms with van der Waals surface area (Å²) in [5.41, 5.74) is 6.73. The number of anilines is 1. The number of carbonyl (C=O) groups excluding carboxylic acids is 1. The maximum absolute atomic E-state index is 12.1. The Kier molecular flexibility index (Phi) is 3.72. The number of methoxy groups -OCH3 is 2. The Morgan fingerprint density at radius 3 is 2.72 bits per heavy atom. The molecule has 0 aliphatic heterocycles. The molecule has 1 fully saturated rings. The summed E-state index contributed by atoms with van der Waals surface area (Å²) < 4.78 is 10.3. The van der Waals surface area contributed by atoms with E-state index in [1.807, 2.05) is 0 Å². The number of ether oxygens (including phenoxy) is 2. The molecule has 1 aromatic carbocycles. The molecule has 0 bridgehead atoms. The fourth-order valence-electron chi connectivity index (χ4n) is 2.03. The van der Waals surface area contributed by atoms with Gasteiger partial charge >= 0.3 is 0 Å². The Morgan fingerprint density at radius 2 is 2.11 bits per heavy atom. The molecule has 2 rings (SSSR count). The van der Waals surface area contributed by atoms with Crippen LogP contribution in [0.1, 0.15) is 23.2 Å². The minimum Gasteiger partial charge on any atom is -0.496 e. The summed E-state index contributed by atoms with van der Waals surface area (Å²) in [5, 5.41) is 2.95. The molecule has 98 valence electrons. The lowest BCUT2D eigenvalue weighted by molar-refractivity contribution is 0.0176. The first kappa shape index (κ1) is 12.7. The summed E-state index contributed by atoms with van der Waals surface area (Å²) in [6.07, 6.45) is 1.99. The quantitative estimate of drug-likeness (QED) is 0.787. The number of nitrogens with one attached hydrogen (secondary N) is 1. The third-order valence-electron chi connectivity index (χ3n) is 3.23. The van der Waals surface area contributed by atoms with Gasteiger partial charge in [0.2, 0.25) is 0 Å². The molecule has 18 heavy (non-hydrogen) atoms. The Morgan fingerprint density at radius 1 is 1.39 bits per heavy atom. The Hall–Kier alpha value is -1.75. The van der Waals surface area contributed by atoms with Gasteiger partial charge in [-0.05, 0) is 25.0 Å². The van der Waals surface area contributed by atoms with E-state index < -0.39 is 0 Å². The van der Waals surface area contributed by atoms with E-state index in [0.717, 1.165) is 12.8 Å². The van der Waals surface area contributed by atoms with Crippen LogP contribution in [0.5, 0.6) is 5.75 Å². The highest BCUT2D eigenvalue weighted by Crippen LogP contribution is 2.25. The fourth-order valence-corrected chi connectivity index (χ4v) is 2.03. The van der Waals surface area contributed by atoms with Crippen molar-refractivity contribution in [3.05, 3.63) is 23.8 Å². The van der Waals surface area contributed by atoms with Gasteiger partial charge in [0.25, 0.3) is 5.91 Å². The summed E-state index contributed by atoms with van der Waals surface area (Å²) in [5.74, 6) is 0.363. The zero-order valence-corrected chi connectivity index (χ0v) is 10.6. The summed E-state index contributed by atoms with van der Waals surface area (Å²) in [4.78, 5) is 12.1. The molecule has 1 aromatic rings. The Balaban J connectivity index is 2.01. The number of nitrogens with two attached hydrogens (primary N) is 1. The third-order valence-corrected chi connectivity index (χ3v) is 3.23. The van der Waals surface area contributed by atoms with Crippen LogP contribution in [0.15, 0.2) is 18.2 Å². The summed E-state index contributed by atoms with van der Waals surface area (Å²) in [7, 11) is 3.21. The van der Waals surface area contributed by atoms with E-state index in [4.69, 9.17) is 15.2 Å². The number of rotatable bonds is 4. The highest BCUT2D eigenvalue weighted by Gasteiger charge is 2.30. The third kappa shape index (κ3) is 2.56. The average Bonchev–Trinajstić information content (AvgIpc) is 2.32. The first-order valence-corrected chi connectivity index (χ1v) is 5.91. The zero-order valence-electron chi connectivity index (χ0n) is 10.6. The number of nitrogen functional groups attached to an aromatic ring is 1. The lowest BCUT2D eigenvalue weighted by Gasteiger charge is -2.34. The average molecular weight is 250 g/mol. The molecule has 0 aromatic heterocycles. The van der Waals surface area contributed by atoms with Crippen LogP contribution in [0.25, 0.3) is 0 Å². The first-order valence-electron chi connectivity index (χ1n) is 5.91. The molecule has 5 heteroatoms. The van der Waals surface area contributed by atoms with Gasteiger partial charge < -0.3 is 20.5 Å². The van der Waals surface area contributed by atoms with Crippen LogP contribution in [0, 0.1) is 0 Å². The molecular weight excluding hydrogens is 232 g/mol. The maximum atomic E-state index is 12.1. The van der Waals surface area contributed by atoms with Crippen molar-refractivity contribution in [2.45, 2.75) is 25.0 Å². The van der Waals surface area contributed by atoms with Crippen LogP contribution < -0.4 is 15.8 Å². The van der Waals surface area contributed by atoms with Crippen molar-refractivity contribution >= 4 is 11.6 Å². The van der Waals surface area contributed by atoms with Crippen molar-refractivity contribution in [3.63, 3.8) is 0 Å². The van der Waals surface area contributed by atoms with E-state index in [2.05, 4.69) is 5.32 Å². The highest BCUT2D eigenvalue weighted by atomic mass is 16.5. The second kappa shape index (κ2) is 5.27. The molecule has 1 aliphatic carbocycles. The van der Waals surface area contributed by atoms with E-state index in [0.29, 0.717) is 17.0 Å². The van der Waals surface area contributed by atoms with Gasteiger partial charge in [-0.1, -0.05) is 0 Å². The maximum Gasteiger partial charge on any atom is 0.255 e. The fraction of sp³-hybridized carbons (Fsp3) is 0.462. The van der Waals surface area contributed by atoms with Crippen molar-refractivity contribution in [1.82, 2.24) is 5.32 Å². The smallest absolute Gasteiger partial charge is 0.255 e. The number of hydrogen-bond donors (Lipinski definition) is 2. The molecule has 0 unspecified atom stereocenters. The van der Waals surface area contributed by atoms with Gasteiger partial charge in [-0.2, -0.15) is 0 Å². The van der Waals surface area contributed by atoms with Gasteiger partial charge in [-0.15, -0.1) is 0 Å². The number of benzene rings is 1. The molecule has 3 N–H and O–H groups in total. The Labute approximate surface area is 106 Å². The molecule has 0 radical (unpaired) electrons.